The largest absolute Gasteiger partial charge is 0.480 e. The maximum absolute atomic E-state index is 13.3. The molecule has 11 nitrogen and oxygen atoms in total. The molecule has 1 saturated heterocycles. The number of carboxylic acid groups (broad SMARTS) is 1. The van der Waals surface area contributed by atoms with Crippen molar-refractivity contribution in [2.45, 2.75) is 51.7 Å². The molecule has 0 bridgehead atoms. The van der Waals surface area contributed by atoms with Crippen molar-refractivity contribution < 1.29 is 33.8 Å². The fraction of sp³-hybridized carbons (Fsp3) is 0.542. The average Bonchev–Trinajstić information content (AvgIpc) is 2.80. The molecule has 4 amide bonds. The summed E-state index contributed by atoms with van der Waals surface area (Å²) in [6, 6.07) is 8.51. The first-order valence-electron chi connectivity index (χ1n) is 11.5. The number of rotatable bonds is 9. The highest BCUT2D eigenvalue weighted by atomic mass is 16.6. The zero-order chi connectivity index (χ0) is 26.0. The number of carbonyl (C=O) groups excluding carboxylic acids is 4. The number of nitrogens with one attached hydrogen (secondary N) is 3. The lowest BCUT2D eigenvalue weighted by Crippen LogP contribution is -2.53. The van der Waals surface area contributed by atoms with E-state index in [0.717, 1.165) is 5.56 Å². The van der Waals surface area contributed by atoms with Crippen LogP contribution >= 0.6 is 0 Å². The van der Waals surface area contributed by atoms with E-state index >= 15 is 0 Å². The van der Waals surface area contributed by atoms with E-state index in [9.17, 15) is 24.0 Å². The highest BCUT2D eigenvalue weighted by molar-refractivity contribution is 5.88. The number of nitrogens with zero attached hydrogens (tertiary/aromatic N) is 1. The summed E-state index contributed by atoms with van der Waals surface area (Å²) in [5.74, 6) is -2.72. The van der Waals surface area contributed by atoms with Crippen molar-refractivity contribution in [3.8, 4) is 0 Å². The molecule has 1 atom stereocenters. The van der Waals surface area contributed by atoms with Crippen LogP contribution in [0.2, 0.25) is 0 Å². The third-order valence-electron chi connectivity index (χ3n) is 5.31. The van der Waals surface area contributed by atoms with E-state index in [1.54, 1.807) is 25.7 Å². The van der Waals surface area contributed by atoms with E-state index in [1.807, 2.05) is 30.3 Å². The monoisotopic (exact) mass is 490 g/mol. The second-order valence-corrected chi connectivity index (χ2v) is 9.38. The van der Waals surface area contributed by atoms with E-state index in [-0.39, 0.29) is 24.3 Å². The lowest BCUT2D eigenvalue weighted by atomic mass is 9.95. The van der Waals surface area contributed by atoms with Crippen LogP contribution in [0, 0.1) is 5.92 Å². The Hall–Kier alpha value is -3.63. The Labute approximate surface area is 204 Å². The molecule has 0 aromatic heterocycles. The van der Waals surface area contributed by atoms with Gasteiger partial charge < -0.3 is 30.7 Å². The standard InChI is InChI=1S/C24H34N4O7/c1-24(2,3)35-23(34)27-18(13-16-7-5-4-6-8-16)22(33)28-11-9-17(10-12-28)21(32)26-14-19(29)25-15-20(30)31/h4-8,17-18H,9-15H2,1-3H3,(H,25,29)(H,26,32)(H,27,34)(H,30,31)/t18-/m0/s1. The van der Waals surface area contributed by atoms with Gasteiger partial charge in [0.15, 0.2) is 0 Å². The number of hydrogen-bond donors (Lipinski definition) is 4. The first kappa shape index (κ1) is 27.6. The number of benzene rings is 1. The number of hydrogen-bond acceptors (Lipinski definition) is 6. The fourth-order valence-electron chi connectivity index (χ4n) is 3.63. The molecular formula is C24H34N4O7. The molecule has 0 unspecified atom stereocenters. The second kappa shape index (κ2) is 12.7. The quantitative estimate of drug-likeness (QED) is 0.397. The average molecular weight is 491 g/mol. The van der Waals surface area contributed by atoms with Gasteiger partial charge in [-0.2, -0.15) is 0 Å². The molecule has 1 aliphatic rings. The molecule has 192 valence electrons. The first-order chi connectivity index (χ1) is 16.4. The van der Waals surface area contributed by atoms with Crippen LogP contribution in [0.4, 0.5) is 4.79 Å². The second-order valence-electron chi connectivity index (χ2n) is 9.38. The molecular weight excluding hydrogens is 456 g/mol. The van der Waals surface area contributed by atoms with Crippen molar-refractivity contribution in [1.29, 1.82) is 0 Å². The summed E-state index contributed by atoms with van der Waals surface area (Å²) in [6.07, 6.45) is 0.421. The molecule has 4 N–H and O–H groups in total. The van der Waals surface area contributed by atoms with Gasteiger partial charge in [0.2, 0.25) is 17.7 Å². The van der Waals surface area contributed by atoms with E-state index in [4.69, 9.17) is 9.84 Å². The zero-order valence-electron chi connectivity index (χ0n) is 20.3. The molecule has 11 heteroatoms. The molecule has 35 heavy (non-hydrogen) atoms. The smallest absolute Gasteiger partial charge is 0.408 e. The summed E-state index contributed by atoms with van der Waals surface area (Å²) in [4.78, 5) is 61.7. The number of alkyl carbamates (subject to hydrolysis) is 1. The van der Waals surface area contributed by atoms with Gasteiger partial charge in [0.25, 0.3) is 0 Å². The molecule has 1 fully saturated rings. The molecule has 0 spiro atoms. The molecule has 1 heterocycles. The van der Waals surface area contributed by atoms with Gasteiger partial charge in [-0.05, 0) is 39.2 Å². The summed E-state index contributed by atoms with van der Waals surface area (Å²) >= 11 is 0. The van der Waals surface area contributed by atoms with E-state index in [1.165, 1.54) is 0 Å². The number of piperidine rings is 1. The number of aliphatic carboxylic acids is 1. The Balaban J connectivity index is 1.92. The minimum absolute atomic E-state index is 0.258. The van der Waals surface area contributed by atoms with E-state index in [2.05, 4.69) is 16.0 Å². The zero-order valence-corrected chi connectivity index (χ0v) is 20.3. The van der Waals surface area contributed by atoms with Gasteiger partial charge in [0.05, 0.1) is 6.54 Å². The van der Waals surface area contributed by atoms with Gasteiger partial charge in [0, 0.05) is 25.4 Å². The van der Waals surface area contributed by atoms with Crippen LogP contribution in [0.25, 0.3) is 0 Å². The number of ether oxygens (including phenoxy) is 1. The molecule has 1 aliphatic heterocycles. The minimum Gasteiger partial charge on any atom is -0.480 e. The van der Waals surface area contributed by atoms with Crippen LogP contribution in [-0.2, 0) is 30.3 Å². The van der Waals surface area contributed by atoms with Crippen LogP contribution in [0.5, 0.6) is 0 Å². The van der Waals surface area contributed by atoms with Crippen molar-refractivity contribution in [1.82, 2.24) is 20.9 Å². The minimum atomic E-state index is -1.17. The third-order valence-corrected chi connectivity index (χ3v) is 5.31. The van der Waals surface area contributed by atoms with Gasteiger partial charge in [-0.3, -0.25) is 19.2 Å². The molecule has 2 rings (SSSR count). The van der Waals surface area contributed by atoms with E-state index < -0.39 is 36.2 Å². The van der Waals surface area contributed by atoms with Crippen molar-refractivity contribution in [3.63, 3.8) is 0 Å². The summed E-state index contributed by atoms with van der Waals surface area (Å²) in [7, 11) is 0. The predicted molar refractivity (Wildman–Crippen MR) is 126 cm³/mol. The van der Waals surface area contributed by atoms with E-state index in [0.29, 0.717) is 32.4 Å². The summed E-state index contributed by atoms with van der Waals surface area (Å²) in [6.45, 7) is 5.04. The summed E-state index contributed by atoms with van der Waals surface area (Å²) in [5.41, 5.74) is 0.179. The SMILES string of the molecule is CC(C)(C)OC(=O)N[C@@H](Cc1ccccc1)C(=O)N1CCC(C(=O)NCC(=O)NCC(=O)O)CC1. The van der Waals surface area contributed by atoms with Crippen molar-refractivity contribution >= 4 is 29.8 Å². The highest BCUT2D eigenvalue weighted by Gasteiger charge is 2.32. The van der Waals surface area contributed by atoms with Gasteiger partial charge in [-0.25, -0.2) is 4.79 Å². The molecule has 0 saturated carbocycles. The number of likely N-dealkylation sites (tertiary alicyclic amines) is 1. The Kier molecular flexibility index (Phi) is 10.0. The third kappa shape index (κ3) is 10.0. The van der Waals surface area contributed by atoms with Crippen LogP contribution in [0.3, 0.4) is 0 Å². The van der Waals surface area contributed by atoms with Gasteiger partial charge in [-0.1, -0.05) is 30.3 Å². The van der Waals surface area contributed by atoms with Gasteiger partial charge in [0.1, 0.15) is 18.2 Å². The molecule has 1 aromatic rings. The normalized spacial score (nSPS) is 15.0. The Morgan fingerprint density at radius 3 is 2.23 bits per heavy atom. The Bertz CT molecular complexity index is 906. The van der Waals surface area contributed by atoms with Crippen LogP contribution < -0.4 is 16.0 Å². The van der Waals surface area contributed by atoms with Crippen molar-refractivity contribution in [2.75, 3.05) is 26.2 Å². The summed E-state index contributed by atoms with van der Waals surface area (Å²) in [5, 5.41) is 15.9. The lowest BCUT2D eigenvalue weighted by Gasteiger charge is -2.34. The fourth-order valence-corrected chi connectivity index (χ4v) is 3.63. The topological polar surface area (TPSA) is 154 Å². The number of carbonyl (C=O) groups is 5. The number of carboxylic acids is 1. The van der Waals surface area contributed by atoms with Crippen LogP contribution in [-0.4, -0.2) is 77.6 Å². The van der Waals surface area contributed by atoms with Gasteiger partial charge in [-0.15, -0.1) is 0 Å². The van der Waals surface area contributed by atoms with Gasteiger partial charge >= 0.3 is 12.1 Å². The maximum Gasteiger partial charge on any atom is 0.408 e. The predicted octanol–water partition coefficient (Wildman–Crippen LogP) is 0.678. The molecule has 0 aliphatic carbocycles. The molecule has 0 radical (unpaired) electrons. The van der Waals surface area contributed by atoms with Crippen molar-refractivity contribution in [3.05, 3.63) is 35.9 Å². The summed E-state index contributed by atoms with van der Waals surface area (Å²) < 4.78 is 5.33. The Morgan fingerprint density at radius 2 is 1.66 bits per heavy atom. The molecule has 1 aromatic carbocycles. The first-order valence-corrected chi connectivity index (χ1v) is 11.5. The van der Waals surface area contributed by atoms with Crippen LogP contribution in [0.1, 0.15) is 39.2 Å². The lowest BCUT2D eigenvalue weighted by molar-refractivity contribution is -0.138. The number of amides is 4. The van der Waals surface area contributed by atoms with Crippen LogP contribution in [0.15, 0.2) is 30.3 Å². The van der Waals surface area contributed by atoms with Crippen molar-refractivity contribution in [2.24, 2.45) is 5.92 Å². The highest BCUT2D eigenvalue weighted by Crippen LogP contribution is 2.19. The Morgan fingerprint density at radius 1 is 1.03 bits per heavy atom. The maximum atomic E-state index is 13.3.